The summed E-state index contributed by atoms with van der Waals surface area (Å²) in [7, 11) is 0. The zero-order chi connectivity index (χ0) is 11.4. The first-order valence-corrected chi connectivity index (χ1v) is 5.80. The summed E-state index contributed by atoms with van der Waals surface area (Å²) >= 11 is 0. The van der Waals surface area contributed by atoms with Crippen LogP contribution >= 0.6 is 0 Å². The second-order valence-corrected chi connectivity index (χ2v) is 4.25. The topological polar surface area (TPSA) is 40.5 Å². The van der Waals surface area contributed by atoms with E-state index in [9.17, 15) is 9.90 Å². The van der Waals surface area contributed by atoms with Gasteiger partial charge in [-0.05, 0) is 32.6 Å². The first-order valence-electron chi connectivity index (χ1n) is 5.80. The molecule has 1 rings (SSSR count). The maximum atomic E-state index is 12.0. The summed E-state index contributed by atoms with van der Waals surface area (Å²) < 4.78 is 0. The number of carbonyl (C=O) groups excluding carboxylic acids is 1. The molecule has 0 aromatic heterocycles. The zero-order valence-corrected chi connectivity index (χ0v) is 9.92. The van der Waals surface area contributed by atoms with E-state index in [2.05, 4.69) is 6.92 Å². The van der Waals surface area contributed by atoms with Gasteiger partial charge in [0.15, 0.2) is 0 Å². The number of likely N-dealkylation sites (N-methyl/N-ethyl adjacent to an activating group) is 1. The minimum atomic E-state index is 0.0176. The third kappa shape index (κ3) is 2.74. The fourth-order valence-electron chi connectivity index (χ4n) is 2.01. The summed E-state index contributed by atoms with van der Waals surface area (Å²) in [6, 6.07) is 0. The molecule has 1 amide bonds. The van der Waals surface area contributed by atoms with Crippen molar-refractivity contribution >= 4 is 5.91 Å². The molecule has 0 fully saturated rings. The average molecular weight is 211 g/mol. The van der Waals surface area contributed by atoms with Gasteiger partial charge < -0.3 is 10.0 Å². The van der Waals surface area contributed by atoms with Crippen LogP contribution in [-0.4, -0.2) is 29.0 Å². The number of aliphatic hydroxyl groups is 1. The van der Waals surface area contributed by atoms with Gasteiger partial charge in [-0.2, -0.15) is 0 Å². The molecule has 1 aliphatic carbocycles. The molecule has 1 N–H and O–H groups in total. The van der Waals surface area contributed by atoms with E-state index < -0.39 is 0 Å². The van der Waals surface area contributed by atoms with E-state index in [-0.39, 0.29) is 5.91 Å². The first kappa shape index (κ1) is 12.1. The Bertz CT molecular complexity index is 267. The quantitative estimate of drug-likeness (QED) is 0.779. The second-order valence-electron chi connectivity index (χ2n) is 4.25. The van der Waals surface area contributed by atoms with Crippen molar-refractivity contribution in [3.8, 4) is 0 Å². The van der Waals surface area contributed by atoms with Crippen molar-refractivity contribution in [3.63, 3.8) is 0 Å². The molecule has 0 radical (unpaired) electrons. The Morgan fingerprint density at radius 1 is 1.47 bits per heavy atom. The summed E-state index contributed by atoms with van der Waals surface area (Å²) in [5, 5.41) is 9.73. The smallest absolute Gasteiger partial charge is 0.253 e. The summed E-state index contributed by atoms with van der Waals surface area (Å²) in [6.45, 7) is 7.47. The molecule has 1 aliphatic rings. The van der Waals surface area contributed by atoms with Gasteiger partial charge in [-0.3, -0.25) is 4.79 Å². The Balaban J connectivity index is 2.81. The third-order valence-electron chi connectivity index (χ3n) is 3.08. The van der Waals surface area contributed by atoms with Gasteiger partial charge in [0.05, 0.1) is 5.57 Å². The molecule has 0 saturated carbocycles. The monoisotopic (exact) mass is 211 g/mol. The minimum Gasteiger partial charge on any atom is -0.512 e. The van der Waals surface area contributed by atoms with Crippen LogP contribution in [0.3, 0.4) is 0 Å². The van der Waals surface area contributed by atoms with E-state index in [0.29, 0.717) is 36.8 Å². The van der Waals surface area contributed by atoms with Crippen LogP contribution < -0.4 is 0 Å². The molecule has 15 heavy (non-hydrogen) atoms. The molecule has 0 saturated heterocycles. The fraction of sp³-hybridized carbons (Fsp3) is 0.750. The standard InChI is InChI=1S/C12H21NO2/c1-4-13(5-2)12(15)10-8-9(3)6-7-11(10)14/h9,14H,4-8H2,1-3H3. The molecule has 0 heterocycles. The Hall–Kier alpha value is -0.990. The van der Waals surface area contributed by atoms with E-state index >= 15 is 0 Å². The maximum Gasteiger partial charge on any atom is 0.253 e. The van der Waals surface area contributed by atoms with Gasteiger partial charge in [-0.15, -0.1) is 0 Å². The normalized spacial score (nSPS) is 21.7. The van der Waals surface area contributed by atoms with Crippen LogP contribution in [0.5, 0.6) is 0 Å². The lowest BCUT2D eigenvalue weighted by atomic mass is 9.88. The number of nitrogens with zero attached hydrogens (tertiary/aromatic N) is 1. The minimum absolute atomic E-state index is 0.0176. The highest BCUT2D eigenvalue weighted by Gasteiger charge is 2.25. The molecule has 0 aliphatic heterocycles. The Kier molecular flexibility index (Phi) is 4.18. The Labute approximate surface area is 91.8 Å². The lowest BCUT2D eigenvalue weighted by Crippen LogP contribution is -2.33. The molecular formula is C12H21NO2. The van der Waals surface area contributed by atoms with Gasteiger partial charge in [-0.25, -0.2) is 0 Å². The van der Waals surface area contributed by atoms with Crippen molar-refractivity contribution in [3.05, 3.63) is 11.3 Å². The number of amides is 1. The summed E-state index contributed by atoms with van der Waals surface area (Å²) in [6.07, 6.45) is 2.37. The molecule has 0 bridgehead atoms. The fourth-order valence-corrected chi connectivity index (χ4v) is 2.01. The zero-order valence-electron chi connectivity index (χ0n) is 9.92. The molecule has 0 aromatic rings. The Morgan fingerprint density at radius 2 is 2.07 bits per heavy atom. The van der Waals surface area contributed by atoms with E-state index in [0.717, 1.165) is 12.8 Å². The van der Waals surface area contributed by atoms with Crippen LogP contribution in [0, 0.1) is 5.92 Å². The molecular weight excluding hydrogens is 190 g/mol. The summed E-state index contributed by atoms with van der Waals surface area (Å²) in [5.74, 6) is 0.837. The van der Waals surface area contributed by atoms with Crippen molar-refractivity contribution in [1.29, 1.82) is 0 Å². The van der Waals surface area contributed by atoms with Gasteiger partial charge in [0.25, 0.3) is 5.91 Å². The largest absolute Gasteiger partial charge is 0.512 e. The van der Waals surface area contributed by atoms with E-state index in [4.69, 9.17) is 0 Å². The maximum absolute atomic E-state index is 12.0. The highest BCUT2D eigenvalue weighted by molar-refractivity contribution is 5.94. The van der Waals surface area contributed by atoms with Gasteiger partial charge in [0.1, 0.15) is 5.76 Å². The van der Waals surface area contributed by atoms with E-state index in [1.54, 1.807) is 4.90 Å². The average Bonchev–Trinajstić information content (AvgIpc) is 2.23. The molecule has 0 aromatic carbocycles. The first-order chi connectivity index (χ1) is 7.10. The van der Waals surface area contributed by atoms with Crippen LogP contribution in [0.4, 0.5) is 0 Å². The van der Waals surface area contributed by atoms with Crippen molar-refractivity contribution in [2.75, 3.05) is 13.1 Å². The third-order valence-corrected chi connectivity index (χ3v) is 3.08. The predicted molar refractivity (Wildman–Crippen MR) is 60.6 cm³/mol. The Morgan fingerprint density at radius 3 is 2.60 bits per heavy atom. The molecule has 3 nitrogen and oxygen atoms in total. The van der Waals surface area contributed by atoms with Gasteiger partial charge >= 0.3 is 0 Å². The lowest BCUT2D eigenvalue weighted by molar-refractivity contribution is -0.127. The number of allylic oxidation sites excluding steroid dienone is 1. The number of rotatable bonds is 3. The SMILES string of the molecule is CCN(CC)C(=O)C1=C(O)CCC(C)C1. The highest BCUT2D eigenvalue weighted by atomic mass is 16.3. The van der Waals surface area contributed by atoms with Crippen molar-refractivity contribution < 1.29 is 9.90 Å². The van der Waals surface area contributed by atoms with Crippen LogP contribution in [-0.2, 0) is 4.79 Å². The van der Waals surface area contributed by atoms with Gasteiger partial charge in [0, 0.05) is 19.5 Å². The molecule has 86 valence electrons. The van der Waals surface area contributed by atoms with E-state index in [1.165, 1.54) is 0 Å². The van der Waals surface area contributed by atoms with E-state index in [1.807, 2.05) is 13.8 Å². The van der Waals surface area contributed by atoms with Gasteiger partial charge in [0.2, 0.25) is 0 Å². The number of carbonyl (C=O) groups is 1. The molecule has 1 unspecified atom stereocenters. The number of hydrogen-bond acceptors (Lipinski definition) is 2. The van der Waals surface area contributed by atoms with Crippen molar-refractivity contribution in [2.45, 2.75) is 40.0 Å². The predicted octanol–water partition coefficient (Wildman–Crippen LogP) is 2.49. The lowest BCUT2D eigenvalue weighted by Gasteiger charge is -2.26. The molecule has 0 spiro atoms. The van der Waals surface area contributed by atoms with Crippen LogP contribution in [0.2, 0.25) is 0 Å². The summed E-state index contributed by atoms with van der Waals surface area (Å²) in [4.78, 5) is 13.8. The highest BCUT2D eigenvalue weighted by Crippen LogP contribution is 2.28. The number of aliphatic hydroxyl groups excluding tert-OH is 1. The second kappa shape index (κ2) is 5.19. The number of hydrogen-bond donors (Lipinski definition) is 1. The molecule has 3 heteroatoms. The van der Waals surface area contributed by atoms with Crippen molar-refractivity contribution in [2.24, 2.45) is 5.92 Å². The van der Waals surface area contributed by atoms with Crippen molar-refractivity contribution in [1.82, 2.24) is 4.90 Å². The van der Waals surface area contributed by atoms with Gasteiger partial charge in [-0.1, -0.05) is 6.92 Å². The summed E-state index contributed by atoms with van der Waals surface area (Å²) in [5.41, 5.74) is 0.637. The van der Waals surface area contributed by atoms with Crippen LogP contribution in [0.25, 0.3) is 0 Å². The van der Waals surface area contributed by atoms with Crippen LogP contribution in [0.15, 0.2) is 11.3 Å². The van der Waals surface area contributed by atoms with Crippen LogP contribution in [0.1, 0.15) is 40.0 Å². The molecule has 1 atom stereocenters.